The third-order valence-electron chi connectivity index (χ3n) is 4.34. The van der Waals surface area contributed by atoms with Crippen molar-refractivity contribution < 1.29 is 4.74 Å². The van der Waals surface area contributed by atoms with Crippen molar-refractivity contribution in [1.82, 2.24) is 10.2 Å². The Morgan fingerprint density at radius 3 is 2.56 bits per heavy atom. The fourth-order valence-electron chi connectivity index (χ4n) is 3.23. The van der Waals surface area contributed by atoms with Gasteiger partial charge in [-0.05, 0) is 42.8 Å². The molecule has 1 fully saturated rings. The maximum atomic E-state index is 6.31. The molecule has 1 saturated heterocycles. The number of hydrogen-bond acceptors (Lipinski definition) is 3. The molecule has 0 radical (unpaired) electrons. The van der Waals surface area contributed by atoms with Crippen molar-refractivity contribution in [3.05, 3.63) is 62.0 Å². The van der Waals surface area contributed by atoms with E-state index in [-0.39, 0.29) is 6.04 Å². The summed E-state index contributed by atoms with van der Waals surface area (Å²) in [5.41, 5.74) is 2.26. The maximum Gasteiger partial charge on any atom is 0.124 e. The van der Waals surface area contributed by atoms with Gasteiger partial charge in [-0.1, -0.05) is 45.2 Å². The summed E-state index contributed by atoms with van der Waals surface area (Å²) in [4.78, 5) is 2.46. The lowest BCUT2D eigenvalue weighted by Gasteiger charge is -2.36. The van der Waals surface area contributed by atoms with Gasteiger partial charge in [0.1, 0.15) is 5.75 Å². The largest absolute Gasteiger partial charge is 0.494 e. The van der Waals surface area contributed by atoms with E-state index in [1.165, 1.54) is 0 Å². The average Bonchev–Trinajstić information content (AvgIpc) is 2.61. The number of nitrogens with zero attached hydrogens (tertiary/aromatic N) is 1. The topological polar surface area (TPSA) is 24.5 Å². The molecule has 1 N–H and O–H groups in total. The summed E-state index contributed by atoms with van der Waals surface area (Å²) in [6.07, 6.45) is 0. The van der Waals surface area contributed by atoms with Crippen LogP contribution in [-0.2, 0) is 0 Å². The minimum atomic E-state index is 0.0657. The summed E-state index contributed by atoms with van der Waals surface area (Å²) in [5, 5.41) is 4.56. The Bertz CT molecular complexity index is 735. The monoisotopic (exact) mass is 442 g/mol. The molecule has 1 heterocycles. The zero-order chi connectivity index (χ0) is 17.8. The maximum absolute atomic E-state index is 6.31. The van der Waals surface area contributed by atoms with Gasteiger partial charge in [-0.25, -0.2) is 0 Å². The number of ether oxygens (including phenoxy) is 1. The predicted molar refractivity (Wildman–Crippen MR) is 108 cm³/mol. The van der Waals surface area contributed by atoms with Crippen molar-refractivity contribution in [3.63, 3.8) is 0 Å². The number of piperazine rings is 1. The standard InChI is InChI=1S/C19H21BrCl2N2O/c1-2-25-18-6-4-14(20)12-15(18)19(24-9-7-23-8-10-24)13-3-5-16(21)17(22)11-13/h3-6,11-12,19,23H,2,7-10H2,1H3. The van der Waals surface area contributed by atoms with Crippen LogP contribution in [-0.4, -0.2) is 37.7 Å². The van der Waals surface area contributed by atoms with Gasteiger partial charge in [-0.2, -0.15) is 0 Å². The van der Waals surface area contributed by atoms with E-state index in [2.05, 4.69) is 38.3 Å². The molecule has 6 heteroatoms. The van der Waals surface area contributed by atoms with Crippen molar-refractivity contribution in [2.75, 3.05) is 32.8 Å². The van der Waals surface area contributed by atoms with Crippen LogP contribution >= 0.6 is 39.1 Å². The minimum Gasteiger partial charge on any atom is -0.494 e. The molecule has 0 bridgehead atoms. The van der Waals surface area contributed by atoms with E-state index in [0.29, 0.717) is 16.7 Å². The van der Waals surface area contributed by atoms with Crippen LogP contribution in [0.2, 0.25) is 10.0 Å². The molecule has 1 aliphatic heterocycles. The number of rotatable bonds is 5. The van der Waals surface area contributed by atoms with Gasteiger partial charge in [-0.3, -0.25) is 4.90 Å². The van der Waals surface area contributed by atoms with E-state index in [9.17, 15) is 0 Å². The third kappa shape index (κ3) is 4.50. The lowest BCUT2D eigenvalue weighted by atomic mass is 9.95. The van der Waals surface area contributed by atoms with E-state index in [1.807, 2.05) is 31.2 Å². The fraction of sp³-hybridized carbons (Fsp3) is 0.368. The summed E-state index contributed by atoms with van der Waals surface area (Å²) < 4.78 is 6.95. The van der Waals surface area contributed by atoms with Crippen LogP contribution in [0.15, 0.2) is 40.9 Å². The van der Waals surface area contributed by atoms with Crippen LogP contribution in [0.4, 0.5) is 0 Å². The quantitative estimate of drug-likeness (QED) is 0.691. The second-order valence-electron chi connectivity index (χ2n) is 5.98. The first-order chi connectivity index (χ1) is 12.1. The Morgan fingerprint density at radius 1 is 1.12 bits per heavy atom. The Hall–Kier alpha value is -0.780. The highest BCUT2D eigenvalue weighted by atomic mass is 79.9. The molecule has 1 aliphatic rings. The van der Waals surface area contributed by atoms with E-state index >= 15 is 0 Å². The Kier molecular flexibility index (Phi) is 6.64. The van der Waals surface area contributed by atoms with Gasteiger partial charge in [0.05, 0.1) is 22.7 Å². The molecule has 1 unspecified atom stereocenters. The van der Waals surface area contributed by atoms with Crippen LogP contribution < -0.4 is 10.1 Å². The number of halogens is 3. The zero-order valence-corrected chi connectivity index (χ0v) is 17.2. The summed E-state index contributed by atoms with van der Waals surface area (Å²) >= 11 is 16.1. The summed E-state index contributed by atoms with van der Waals surface area (Å²) in [6.45, 7) is 6.49. The first-order valence-corrected chi connectivity index (χ1v) is 9.97. The van der Waals surface area contributed by atoms with Gasteiger partial charge in [-0.15, -0.1) is 0 Å². The molecular formula is C19H21BrCl2N2O. The zero-order valence-electron chi connectivity index (χ0n) is 14.1. The summed E-state index contributed by atoms with van der Waals surface area (Å²) in [7, 11) is 0. The number of benzene rings is 2. The van der Waals surface area contributed by atoms with Gasteiger partial charge in [0.25, 0.3) is 0 Å². The van der Waals surface area contributed by atoms with E-state index in [4.69, 9.17) is 27.9 Å². The average molecular weight is 444 g/mol. The molecule has 0 saturated carbocycles. The van der Waals surface area contributed by atoms with Crippen LogP contribution in [0.3, 0.4) is 0 Å². The SMILES string of the molecule is CCOc1ccc(Br)cc1C(c1ccc(Cl)c(Cl)c1)N1CCNCC1. The number of nitrogens with one attached hydrogen (secondary N) is 1. The highest BCUT2D eigenvalue weighted by molar-refractivity contribution is 9.10. The Labute approximate surface area is 167 Å². The summed E-state index contributed by atoms with van der Waals surface area (Å²) in [5.74, 6) is 0.903. The Balaban J connectivity index is 2.10. The summed E-state index contributed by atoms with van der Waals surface area (Å²) in [6, 6.07) is 12.1. The van der Waals surface area contributed by atoms with Crippen LogP contribution in [0.25, 0.3) is 0 Å². The molecule has 0 aromatic heterocycles. The molecule has 0 spiro atoms. The fourth-order valence-corrected chi connectivity index (χ4v) is 3.92. The molecule has 0 amide bonds. The van der Waals surface area contributed by atoms with Crippen molar-refractivity contribution in [1.29, 1.82) is 0 Å². The van der Waals surface area contributed by atoms with Crippen molar-refractivity contribution >= 4 is 39.1 Å². The minimum absolute atomic E-state index is 0.0657. The van der Waals surface area contributed by atoms with Gasteiger partial charge in [0.2, 0.25) is 0 Å². The lowest BCUT2D eigenvalue weighted by Crippen LogP contribution is -2.45. The van der Waals surface area contributed by atoms with E-state index < -0.39 is 0 Å². The molecule has 1 atom stereocenters. The highest BCUT2D eigenvalue weighted by Crippen LogP contribution is 2.38. The van der Waals surface area contributed by atoms with Gasteiger partial charge in [0.15, 0.2) is 0 Å². The molecule has 3 rings (SSSR count). The molecule has 2 aromatic rings. The van der Waals surface area contributed by atoms with Crippen molar-refractivity contribution in [2.24, 2.45) is 0 Å². The molecule has 3 nitrogen and oxygen atoms in total. The molecule has 0 aliphatic carbocycles. The van der Waals surface area contributed by atoms with E-state index in [0.717, 1.165) is 47.5 Å². The van der Waals surface area contributed by atoms with Crippen LogP contribution in [0.5, 0.6) is 5.75 Å². The first kappa shape index (κ1) is 19.0. The Morgan fingerprint density at radius 2 is 1.88 bits per heavy atom. The predicted octanol–water partition coefficient (Wildman–Crippen LogP) is 5.15. The van der Waals surface area contributed by atoms with Crippen LogP contribution in [0, 0.1) is 0 Å². The third-order valence-corrected chi connectivity index (χ3v) is 5.57. The second-order valence-corrected chi connectivity index (χ2v) is 7.71. The van der Waals surface area contributed by atoms with Gasteiger partial charge in [0, 0.05) is 36.2 Å². The van der Waals surface area contributed by atoms with Crippen molar-refractivity contribution in [2.45, 2.75) is 13.0 Å². The number of hydrogen-bond donors (Lipinski definition) is 1. The molecule has 25 heavy (non-hydrogen) atoms. The normalized spacial score (nSPS) is 16.6. The van der Waals surface area contributed by atoms with Gasteiger partial charge < -0.3 is 10.1 Å². The van der Waals surface area contributed by atoms with E-state index in [1.54, 1.807) is 0 Å². The first-order valence-electron chi connectivity index (χ1n) is 8.42. The molecule has 2 aromatic carbocycles. The second kappa shape index (κ2) is 8.74. The van der Waals surface area contributed by atoms with Crippen molar-refractivity contribution in [3.8, 4) is 5.75 Å². The lowest BCUT2D eigenvalue weighted by molar-refractivity contribution is 0.194. The highest BCUT2D eigenvalue weighted by Gasteiger charge is 2.27. The van der Waals surface area contributed by atoms with Crippen LogP contribution in [0.1, 0.15) is 24.1 Å². The van der Waals surface area contributed by atoms with Gasteiger partial charge >= 0.3 is 0 Å². The molecular weight excluding hydrogens is 423 g/mol. The molecule has 134 valence electrons. The smallest absolute Gasteiger partial charge is 0.124 e.